The number of halogens is 4. The van der Waals surface area contributed by atoms with E-state index in [1.807, 2.05) is 0 Å². The maximum atomic E-state index is 13.7. The van der Waals surface area contributed by atoms with E-state index in [9.17, 15) is 13.2 Å². The van der Waals surface area contributed by atoms with E-state index in [0.717, 1.165) is 31.7 Å². The molecule has 27 heavy (non-hydrogen) atoms. The van der Waals surface area contributed by atoms with Crippen molar-refractivity contribution in [3.63, 3.8) is 0 Å². The molecule has 1 aliphatic rings. The number of benzene rings is 1. The maximum Gasteiger partial charge on any atom is 0.417 e. The van der Waals surface area contributed by atoms with Gasteiger partial charge in [0.05, 0.1) is 5.56 Å². The van der Waals surface area contributed by atoms with Gasteiger partial charge in [-0.2, -0.15) is 13.2 Å². The van der Waals surface area contributed by atoms with Crippen molar-refractivity contribution >= 4 is 27.5 Å². The van der Waals surface area contributed by atoms with Crippen molar-refractivity contribution in [2.45, 2.75) is 44.3 Å². The summed E-state index contributed by atoms with van der Waals surface area (Å²) < 4.78 is 43.1. The zero-order valence-corrected chi connectivity index (χ0v) is 16.0. The second-order valence-electron chi connectivity index (χ2n) is 6.77. The zero-order valence-electron chi connectivity index (χ0n) is 14.4. The molecule has 0 saturated heterocycles. The molecule has 4 nitrogen and oxygen atoms in total. The number of nitrogens with zero attached hydrogens (tertiary/aromatic N) is 3. The molecular formula is C19H18BrF3N4. The molecule has 2 heterocycles. The number of imidazole rings is 1. The highest BCUT2D eigenvalue weighted by atomic mass is 79.9. The molecule has 1 aliphatic carbocycles. The van der Waals surface area contributed by atoms with Crippen molar-refractivity contribution in [1.29, 1.82) is 0 Å². The summed E-state index contributed by atoms with van der Waals surface area (Å²) in [5, 5.41) is 3.45. The third kappa shape index (κ3) is 3.67. The molecular weight excluding hydrogens is 421 g/mol. The molecule has 0 unspecified atom stereocenters. The Morgan fingerprint density at radius 3 is 2.67 bits per heavy atom. The van der Waals surface area contributed by atoms with Gasteiger partial charge in [-0.1, -0.05) is 41.3 Å². The van der Waals surface area contributed by atoms with E-state index in [2.05, 4.69) is 31.2 Å². The van der Waals surface area contributed by atoms with Gasteiger partial charge >= 0.3 is 6.18 Å². The Morgan fingerprint density at radius 2 is 1.93 bits per heavy atom. The number of hydrogen-bond acceptors (Lipinski definition) is 3. The van der Waals surface area contributed by atoms with Crippen LogP contribution in [0.15, 0.2) is 41.1 Å². The van der Waals surface area contributed by atoms with Gasteiger partial charge in [-0.25, -0.2) is 9.97 Å². The molecule has 0 aliphatic heterocycles. The van der Waals surface area contributed by atoms with Gasteiger partial charge < -0.3 is 5.32 Å². The third-order valence-electron chi connectivity index (χ3n) is 4.89. The largest absolute Gasteiger partial charge is 0.417 e. The first-order chi connectivity index (χ1) is 12.9. The Labute approximate surface area is 163 Å². The Bertz CT molecular complexity index is 961. The van der Waals surface area contributed by atoms with Gasteiger partial charge in [-0.3, -0.25) is 4.40 Å². The minimum atomic E-state index is -4.48. The Kier molecular flexibility index (Phi) is 4.84. The minimum Gasteiger partial charge on any atom is -0.367 e. The standard InChI is InChI=1S/C19H18BrF3N4/c20-12-7-8-14(15(11-12)19(21,22)23)16-17(25-13-5-2-1-3-6-13)27-10-4-9-24-18(27)26-16/h4,7-11,13,25H,1-3,5-6H2. The van der Waals surface area contributed by atoms with Crippen LogP contribution >= 0.6 is 15.9 Å². The van der Waals surface area contributed by atoms with Crippen LogP contribution in [0.25, 0.3) is 17.0 Å². The normalized spacial score (nSPS) is 16.0. The van der Waals surface area contributed by atoms with Gasteiger partial charge in [-0.15, -0.1) is 0 Å². The molecule has 1 saturated carbocycles. The molecule has 1 aromatic carbocycles. The molecule has 142 valence electrons. The second kappa shape index (κ2) is 7.14. The van der Waals surface area contributed by atoms with Crippen LogP contribution in [-0.4, -0.2) is 20.4 Å². The van der Waals surface area contributed by atoms with Crippen molar-refractivity contribution < 1.29 is 13.2 Å². The van der Waals surface area contributed by atoms with E-state index < -0.39 is 11.7 Å². The van der Waals surface area contributed by atoms with E-state index in [0.29, 0.717) is 16.1 Å². The summed E-state index contributed by atoms with van der Waals surface area (Å²) in [6, 6.07) is 6.13. The molecule has 8 heteroatoms. The van der Waals surface area contributed by atoms with Gasteiger partial charge in [0.2, 0.25) is 5.78 Å². The first-order valence-electron chi connectivity index (χ1n) is 8.90. The number of fused-ring (bicyclic) bond motifs is 1. The Balaban J connectivity index is 1.88. The number of nitrogens with one attached hydrogen (secondary N) is 1. The molecule has 0 atom stereocenters. The summed E-state index contributed by atoms with van der Waals surface area (Å²) in [6.07, 6.45) is 4.31. The van der Waals surface area contributed by atoms with Crippen LogP contribution in [0.4, 0.5) is 19.0 Å². The first kappa shape index (κ1) is 18.3. The fraction of sp³-hybridized carbons (Fsp3) is 0.368. The second-order valence-corrected chi connectivity index (χ2v) is 7.68. The number of anilines is 1. The fourth-order valence-electron chi connectivity index (χ4n) is 3.61. The maximum absolute atomic E-state index is 13.7. The summed E-state index contributed by atoms with van der Waals surface area (Å²) in [5.41, 5.74) is -0.388. The molecule has 0 radical (unpaired) electrons. The molecule has 4 rings (SSSR count). The number of rotatable bonds is 3. The summed E-state index contributed by atoms with van der Waals surface area (Å²) in [5.74, 6) is 0.944. The highest BCUT2D eigenvalue weighted by Gasteiger charge is 2.35. The van der Waals surface area contributed by atoms with Gasteiger partial charge in [0.15, 0.2) is 0 Å². The third-order valence-corrected chi connectivity index (χ3v) is 5.39. The number of alkyl halides is 3. The van der Waals surface area contributed by atoms with Crippen molar-refractivity contribution in [3.05, 3.63) is 46.7 Å². The molecule has 0 spiro atoms. The number of hydrogen-bond donors (Lipinski definition) is 1. The predicted molar refractivity (Wildman–Crippen MR) is 102 cm³/mol. The average molecular weight is 439 g/mol. The fourth-order valence-corrected chi connectivity index (χ4v) is 3.97. The smallest absolute Gasteiger partial charge is 0.367 e. The molecule has 0 bridgehead atoms. The van der Waals surface area contributed by atoms with E-state index in [4.69, 9.17) is 0 Å². The monoisotopic (exact) mass is 438 g/mol. The lowest BCUT2D eigenvalue weighted by Crippen LogP contribution is -2.23. The SMILES string of the molecule is FC(F)(F)c1cc(Br)ccc1-c1nc2ncccn2c1NC1CCCCC1. The van der Waals surface area contributed by atoms with Crippen LogP contribution in [-0.2, 0) is 6.18 Å². The van der Waals surface area contributed by atoms with Gasteiger partial charge in [0.1, 0.15) is 11.5 Å². The zero-order chi connectivity index (χ0) is 19.0. The van der Waals surface area contributed by atoms with Crippen LogP contribution in [0.3, 0.4) is 0 Å². The number of aromatic nitrogens is 3. The van der Waals surface area contributed by atoms with E-state index >= 15 is 0 Å². The van der Waals surface area contributed by atoms with E-state index in [1.165, 1.54) is 12.5 Å². The molecule has 3 aromatic rings. The predicted octanol–water partition coefficient (Wildman–Crippen LogP) is 5.92. The van der Waals surface area contributed by atoms with Crippen LogP contribution in [0, 0.1) is 0 Å². The summed E-state index contributed by atoms with van der Waals surface area (Å²) in [7, 11) is 0. The van der Waals surface area contributed by atoms with Crippen LogP contribution in [0.5, 0.6) is 0 Å². The van der Waals surface area contributed by atoms with Crippen molar-refractivity contribution in [1.82, 2.24) is 14.4 Å². The lowest BCUT2D eigenvalue weighted by Gasteiger charge is -2.24. The summed E-state index contributed by atoms with van der Waals surface area (Å²) in [4.78, 5) is 8.64. The van der Waals surface area contributed by atoms with Crippen molar-refractivity contribution in [3.8, 4) is 11.3 Å². The van der Waals surface area contributed by atoms with E-state index in [1.54, 1.807) is 28.9 Å². The van der Waals surface area contributed by atoms with Crippen LogP contribution < -0.4 is 5.32 Å². The highest BCUT2D eigenvalue weighted by molar-refractivity contribution is 9.10. The Hall–Kier alpha value is -2.09. The van der Waals surface area contributed by atoms with Crippen molar-refractivity contribution in [2.75, 3.05) is 5.32 Å². The molecule has 2 aromatic heterocycles. The highest BCUT2D eigenvalue weighted by Crippen LogP contribution is 2.41. The average Bonchev–Trinajstić information content (AvgIpc) is 3.00. The van der Waals surface area contributed by atoms with E-state index in [-0.39, 0.29) is 17.3 Å². The van der Waals surface area contributed by atoms with Crippen LogP contribution in [0.2, 0.25) is 0 Å². The molecule has 0 amide bonds. The van der Waals surface area contributed by atoms with Gasteiger partial charge in [0.25, 0.3) is 0 Å². The lowest BCUT2D eigenvalue weighted by atomic mass is 9.95. The summed E-state index contributed by atoms with van der Waals surface area (Å²) >= 11 is 3.14. The lowest BCUT2D eigenvalue weighted by molar-refractivity contribution is -0.137. The molecule has 1 N–H and O–H groups in total. The topological polar surface area (TPSA) is 42.2 Å². The molecule has 1 fully saturated rings. The van der Waals surface area contributed by atoms with Crippen LogP contribution in [0.1, 0.15) is 37.7 Å². The van der Waals surface area contributed by atoms with Gasteiger partial charge in [-0.05, 0) is 31.0 Å². The van der Waals surface area contributed by atoms with Crippen molar-refractivity contribution in [2.24, 2.45) is 0 Å². The first-order valence-corrected chi connectivity index (χ1v) is 9.69. The quantitative estimate of drug-likeness (QED) is 0.551. The minimum absolute atomic E-state index is 0.0505. The summed E-state index contributed by atoms with van der Waals surface area (Å²) in [6.45, 7) is 0. The Morgan fingerprint density at radius 1 is 1.15 bits per heavy atom. The van der Waals surface area contributed by atoms with Gasteiger partial charge in [0, 0.05) is 28.5 Å².